The molecule has 2 aromatic carbocycles. The van der Waals surface area contributed by atoms with Crippen LogP contribution in [-0.2, 0) is 11.3 Å². The Morgan fingerprint density at radius 3 is 2.58 bits per heavy atom. The van der Waals surface area contributed by atoms with Gasteiger partial charge in [-0.25, -0.2) is 8.78 Å². The highest BCUT2D eigenvalue weighted by molar-refractivity contribution is 5.91. The first kappa shape index (κ1) is 20.1. The number of aryl methyl sites for hydroxylation is 1. The van der Waals surface area contributed by atoms with E-state index in [0.717, 1.165) is 0 Å². The zero-order valence-electron chi connectivity index (χ0n) is 16.3. The number of pyridine rings is 1. The number of halogens is 2. The van der Waals surface area contributed by atoms with Crippen LogP contribution in [0.4, 0.5) is 14.5 Å². The molecule has 0 aliphatic carbocycles. The summed E-state index contributed by atoms with van der Waals surface area (Å²) in [6.07, 6.45) is 1.46. The Balaban J connectivity index is 1.55. The van der Waals surface area contributed by atoms with Crippen LogP contribution in [0.3, 0.4) is 0 Å². The molecule has 0 fully saturated rings. The van der Waals surface area contributed by atoms with Gasteiger partial charge in [-0.2, -0.15) is 4.98 Å². The summed E-state index contributed by atoms with van der Waals surface area (Å²) < 4.78 is 32.7. The van der Waals surface area contributed by atoms with Crippen molar-refractivity contribution in [3.63, 3.8) is 0 Å². The lowest BCUT2D eigenvalue weighted by Crippen LogP contribution is -2.28. The van der Waals surface area contributed by atoms with Crippen LogP contribution in [-0.4, -0.2) is 20.6 Å². The van der Waals surface area contributed by atoms with Crippen molar-refractivity contribution in [3.8, 4) is 22.8 Å². The summed E-state index contributed by atoms with van der Waals surface area (Å²) >= 11 is 0. The molecule has 4 rings (SSSR count). The van der Waals surface area contributed by atoms with E-state index in [4.69, 9.17) is 4.52 Å². The molecule has 1 N–H and O–H groups in total. The van der Waals surface area contributed by atoms with Crippen molar-refractivity contribution >= 4 is 11.6 Å². The molecule has 9 heteroatoms. The van der Waals surface area contributed by atoms with Crippen molar-refractivity contribution in [2.45, 2.75) is 13.5 Å². The lowest BCUT2D eigenvalue weighted by molar-refractivity contribution is -0.116. The quantitative estimate of drug-likeness (QED) is 0.529. The number of carbonyl (C=O) groups is 1. The van der Waals surface area contributed by atoms with E-state index in [1.54, 1.807) is 13.0 Å². The van der Waals surface area contributed by atoms with Gasteiger partial charge in [0, 0.05) is 17.4 Å². The smallest absolute Gasteiger partial charge is 0.263 e. The molecule has 1 amide bonds. The van der Waals surface area contributed by atoms with E-state index in [-0.39, 0.29) is 23.8 Å². The van der Waals surface area contributed by atoms with E-state index in [0.29, 0.717) is 16.8 Å². The van der Waals surface area contributed by atoms with Crippen molar-refractivity contribution in [2.75, 3.05) is 5.32 Å². The van der Waals surface area contributed by atoms with Gasteiger partial charge in [0.05, 0.1) is 0 Å². The van der Waals surface area contributed by atoms with Crippen LogP contribution in [0.25, 0.3) is 22.8 Å². The third kappa shape index (κ3) is 4.40. The highest BCUT2D eigenvalue weighted by Crippen LogP contribution is 2.20. The zero-order valence-corrected chi connectivity index (χ0v) is 16.3. The molecule has 0 aliphatic heterocycles. The second-order valence-electron chi connectivity index (χ2n) is 6.79. The summed E-state index contributed by atoms with van der Waals surface area (Å²) in [5, 5.41) is 6.49. The maximum absolute atomic E-state index is 13.2. The fourth-order valence-electron chi connectivity index (χ4n) is 2.98. The Kier molecular flexibility index (Phi) is 5.40. The number of benzene rings is 2. The summed E-state index contributed by atoms with van der Waals surface area (Å²) in [6, 6.07) is 12.6. The van der Waals surface area contributed by atoms with Crippen LogP contribution in [0.15, 0.2) is 70.1 Å². The lowest BCUT2D eigenvalue weighted by atomic mass is 10.2. The first-order valence-corrected chi connectivity index (χ1v) is 9.26. The Morgan fingerprint density at radius 1 is 1.10 bits per heavy atom. The summed E-state index contributed by atoms with van der Waals surface area (Å²) in [7, 11) is 0. The van der Waals surface area contributed by atoms with E-state index in [1.165, 1.54) is 59.3 Å². The van der Waals surface area contributed by atoms with E-state index >= 15 is 0 Å². The van der Waals surface area contributed by atoms with Crippen molar-refractivity contribution in [1.82, 2.24) is 14.7 Å². The second kappa shape index (κ2) is 8.31. The minimum absolute atomic E-state index is 0.0199. The second-order valence-corrected chi connectivity index (χ2v) is 6.79. The lowest BCUT2D eigenvalue weighted by Gasteiger charge is -2.10. The molecule has 0 radical (unpaired) electrons. The Morgan fingerprint density at radius 2 is 1.84 bits per heavy atom. The first-order valence-electron chi connectivity index (χ1n) is 9.26. The number of aromatic nitrogens is 3. The van der Waals surface area contributed by atoms with Gasteiger partial charge >= 0.3 is 0 Å². The molecule has 7 nitrogen and oxygen atoms in total. The van der Waals surface area contributed by atoms with Gasteiger partial charge in [0.15, 0.2) is 0 Å². The number of rotatable bonds is 5. The summed E-state index contributed by atoms with van der Waals surface area (Å²) in [4.78, 5) is 29.4. The van der Waals surface area contributed by atoms with Gasteiger partial charge in [0.25, 0.3) is 11.4 Å². The summed E-state index contributed by atoms with van der Waals surface area (Å²) in [5.74, 6) is -1.07. The average Bonchev–Trinajstić information content (AvgIpc) is 3.22. The average molecular weight is 422 g/mol. The number of hydrogen-bond donors (Lipinski definition) is 1. The Labute approximate surface area is 175 Å². The molecular weight excluding hydrogens is 406 g/mol. The summed E-state index contributed by atoms with van der Waals surface area (Å²) in [6.45, 7) is 1.40. The standard InChI is InChI=1S/C22H16F2N4O3/c1-13-11-16(24)8-9-18(13)25-19(29)12-28-10-2-3-17(22(28)30)21-26-20(27-31-21)14-4-6-15(23)7-5-14/h2-11H,12H2,1H3,(H,25,29). The molecular formula is C22H16F2N4O3. The molecule has 0 unspecified atom stereocenters. The Hall–Kier alpha value is -4.14. The topological polar surface area (TPSA) is 90.0 Å². The number of carbonyl (C=O) groups excluding carboxylic acids is 1. The van der Waals surface area contributed by atoms with Crippen LogP contribution in [0.2, 0.25) is 0 Å². The number of nitrogens with one attached hydrogen (secondary N) is 1. The molecule has 156 valence electrons. The zero-order chi connectivity index (χ0) is 22.0. The monoisotopic (exact) mass is 422 g/mol. The molecule has 0 spiro atoms. The minimum atomic E-state index is -0.497. The van der Waals surface area contributed by atoms with Crippen LogP contribution < -0.4 is 10.9 Å². The van der Waals surface area contributed by atoms with Gasteiger partial charge in [-0.3, -0.25) is 9.59 Å². The van der Waals surface area contributed by atoms with E-state index < -0.39 is 23.1 Å². The van der Waals surface area contributed by atoms with Gasteiger partial charge in [-0.05, 0) is 67.1 Å². The van der Waals surface area contributed by atoms with Gasteiger partial charge in [-0.15, -0.1) is 0 Å². The van der Waals surface area contributed by atoms with Gasteiger partial charge in [0.1, 0.15) is 23.7 Å². The first-order chi connectivity index (χ1) is 14.9. The number of nitrogens with zero attached hydrogens (tertiary/aromatic N) is 3. The van der Waals surface area contributed by atoms with Crippen LogP contribution >= 0.6 is 0 Å². The number of hydrogen-bond acceptors (Lipinski definition) is 5. The molecule has 31 heavy (non-hydrogen) atoms. The fourth-order valence-corrected chi connectivity index (χ4v) is 2.98. The number of anilines is 1. The molecule has 4 aromatic rings. The SMILES string of the molecule is Cc1cc(F)ccc1NC(=O)Cn1cccc(-c2nc(-c3ccc(F)cc3)no2)c1=O. The third-order valence-corrected chi connectivity index (χ3v) is 4.56. The van der Waals surface area contributed by atoms with E-state index in [9.17, 15) is 18.4 Å². The van der Waals surface area contributed by atoms with Crippen LogP contribution in [0.1, 0.15) is 5.56 Å². The normalized spacial score (nSPS) is 10.8. The maximum Gasteiger partial charge on any atom is 0.263 e. The molecule has 2 aromatic heterocycles. The highest BCUT2D eigenvalue weighted by Gasteiger charge is 2.16. The van der Waals surface area contributed by atoms with Crippen molar-refractivity contribution in [1.29, 1.82) is 0 Å². The van der Waals surface area contributed by atoms with Crippen LogP contribution in [0, 0.1) is 18.6 Å². The van der Waals surface area contributed by atoms with Crippen molar-refractivity contribution in [2.24, 2.45) is 0 Å². The summed E-state index contributed by atoms with van der Waals surface area (Å²) in [5.41, 5.74) is 1.17. The van der Waals surface area contributed by atoms with Gasteiger partial charge < -0.3 is 14.4 Å². The largest absolute Gasteiger partial charge is 0.333 e. The van der Waals surface area contributed by atoms with Crippen molar-refractivity contribution < 1.29 is 18.1 Å². The Bertz CT molecular complexity index is 1310. The predicted molar refractivity (Wildman–Crippen MR) is 109 cm³/mol. The molecule has 0 bridgehead atoms. The molecule has 2 heterocycles. The van der Waals surface area contributed by atoms with Crippen LogP contribution in [0.5, 0.6) is 0 Å². The highest BCUT2D eigenvalue weighted by atomic mass is 19.1. The molecule has 0 atom stereocenters. The minimum Gasteiger partial charge on any atom is -0.333 e. The third-order valence-electron chi connectivity index (χ3n) is 4.56. The number of amides is 1. The fraction of sp³-hybridized carbons (Fsp3) is 0.0909. The predicted octanol–water partition coefficient (Wildman–Crippen LogP) is 3.79. The van der Waals surface area contributed by atoms with Gasteiger partial charge in [-0.1, -0.05) is 5.16 Å². The molecule has 0 aliphatic rings. The molecule has 0 saturated carbocycles. The van der Waals surface area contributed by atoms with E-state index in [2.05, 4.69) is 15.5 Å². The molecule has 0 saturated heterocycles. The maximum atomic E-state index is 13.2. The van der Waals surface area contributed by atoms with E-state index in [1.807, 2.05) is 0 Å². The van der Waals surface area contributed by atoms with Gasteiger partial charge in [0.2, 0.25) is 11.7 Å². The van der Waals surface area contributed by atoms with Crippen molar-refractivity contribution in [3.05, 3.63) is 88.3 Å².